The van der Waals surface area contributed by atoms with Crippen LogP contribution in [0.4, 0.5) is 17.6 Å². The van der Waals surface area contributed by atoms with Crippen LogP contribution in [-0.4, -0.2) is 7.05 Å². The summed E-state index contributed by atoms with van der Waals surface area (Å²) in [6.45, 7) is 0. The molecule has 0 aliphatic rings. The summed E-state index contributed by atoms with van der Waals surface area (Å²) >= 11 is 3.05. The summed E-state index contributed by atoms with van der Waals surface area (Å²) in [6, 6.07) is 8.83. The summed E-state index contributed by atoms with van der Waals surface area (Å²) in [5.74, 6) is -0.575. The molecule has 1 N–H and O–H groups in total. The Kier molecular flexibility index (Phi) is 4.68. The first kappa shape index (κ1) is 16.0. The van der Waals surface area contributed by atoms with Gasteiger partial charge in [0.05, 0.1) is 16.1 Å². The molecule has 0 bridgehead atoms. The van der Waals surface area contributed by atoms with Crippen LogP contribution in [0.1, 0.15) is 22.7 Å². The van der Waals surface area contributed by atoms with Crippen molar-refractivity contribution in [2.45, 2.75) is 12.2 Å². The van der Waals surface area contributed by atoms with E-state index in [2.05, 4.69) is 21.2 Å². The first-order chi connectivity index (χ1) is 9.86. The number of hydrogen-bond acceptors (Lipinski definition) is 1. The molecule has 0 saturated carbocycles. The summed E-state index contributed by atoms with van der Waals surface area (Å²) in [6.07, 6.45) is -4.49. The van der Waals surface area contributed by atoms with Crippen molar-refractivity contribution in [1.29, 1.82) is 0 Å². The fraction of sp³-hybridized carbons (Fsp3) is 0.200. The van der Waals surface area contributed by atoms with Crippen molar-refractivity contribution in [3.8, 4) is 0 Å². The maximum atomic E-state index is 14.2. The van der Waals surface area contributed by atoms with Gasteiger partial charge in [0, 0.05) is 5.56 Å². The van der Waals surface area contributed by atoms with Crippen LogP contribution < -0.4 is 5.32 Å². The van der Waals surface area contributed by atoms with Gasteiger partial charge in [-0.05, 0) is 40.7 Å². The van der Waals surface area contributed by atoms with E-state index < -0.39 is 23.6 Å². The van der Waals surface area contributed by atoms with E-state index >= 15 is 0 Å². The van der Waals surface area contributed by atoms with E-state index in [1.807, 2.05) is 0 Å². The summed E-state index contributed by atoms with van der Waals surface area (Å²) < 4.78 is 53.7. The fourth-order valence-electron chi connectivity index (χ4n) is 2.23. The zero-order chi connectivity index (χ0) is 15.6. The molecule has 0 spiro atoms. The highest BCUT2D eigenvalue weighted by Crippen LogP contribution is 2.37. The molecule has 112 valence electrons. The minimum Gasteiger partial charge on any atom is -0.309 e. The second kappa shape index (κ2) is 6.15. The van der Waals surface area contributed by atoms with E-state index in [1.165, 1.54) is 37.4 Å². The highest BCUT2D eigenvalue weighted by molar-refractivity contribution is 9.10. The molecule has 1 nitrogen and oxygen atoms in total. The molecule has 0 amide bonds. The van der Waals surface area contributed by atoms with Gasteiger partial charge in [0.25, 0.3) is 0 Å². The van der Waals surface area contributed by atoms with Crippen molar-refractivity contribution in [1.82, 2.24) is 5.32 Å². The van der Waals surface area contributed by atoms with Gasteiger partial charge < -0.3 is 5.32 Å². The Morgan fingerprint density at radius 1 is 1.00 bits per heavy atom. The minimum atomic E-state index is -4.49. The van der Waals surface area contributed by atoms with Crippen LogP contribution in [0.5, 0.6) is 0 Å². The van der Waals surface area contributed by atoms with E-state index in [-0.39, 0.29) is 15.6 Å². The van der Waals surface area contributed by atoms with Gasteiger partial charge in [0.15, 0.2) is 0 Å². The van der Waals surface area contributed by atoms with Crippen LogP contribution in [0.2, 0.25) is 0 Å². The zero-order valence-electron chi connectivity index (χ0n) is 11.0. The molecule has 0 aliphatic heterocycles. The van der Waals surface area contributed by atoms with Gasteiger partial charge in [-0.1, -0.05) is 30.3 Å². The fourth-order valence-corrected chi connectivity index (χ4v) is 2.61. The molecule has 2 aromatic rings. The molecular formula is C15H12BrF4N. The largest absolute Gasteiger partial charge is 0.416 e. The van der Waals surface area contributed by atoms with E-state index in [1.54, 1.807) is 6.07 Å². The second-order valence-corrected chi connectivity index (χ2v) is 5.30. The highest BCUT2D eigenvalue weighted by atomic mass is 79.9. The summed E-state index contributed by atoms with van der Waals surface area (Å²) in [5, 5.41) is 2.75. The zero-order valence-corrected chi connectivity index (χ0v) is 12.6. The van der Waals surface area contributed by atoms with Gasteiger partial charge in [-0.2, -0.15) is 13.2 Å². The third kappa shape index (κ3) is 3.27. The maximum Gasteiger partial charge on any atom is 0.416 e. The molecular weight excluding hydrogens is 350 g/mol. The van der Waals surface area contributed by atoms with Crippen molar-refractivity contribution in [2.75, 3.05) is 7.05 Å². The normalized spacial score (nSPS) is 13.2. The van der Waals surface area contributed by atoms with Crippen molar-refractivity contribution in [2.24, 2.45) is 0 Å². The van der Waals surface area contributed by atoms with Crippen LogP contribution in [-0.2, 0) is 6.18 Å². The Bertz CT molecular complexity index is 640. The molecule has 0 heterocycles. The van der Waals surface area contributed by atoms with Crippen LogP contribution in [0.15, 0.2) is 46.9 Å². The van der Waals surface area contributed by atoms with Gasteiger partial charge in [0.2, 0.25) is 0 Å². The number of halogens is 5. The topological polar surface area (TPSA) is 12.0 Å². The van der Waals surface area contributed by atoms with Gasteiger partial charge in [0.1, 0.15) is 5.82 Å². The Labute approximate surface area is 128 Å². The Morgan fingerprint density at radius 3 is 2.24 bits per heavy atom. The minimum absolute atomic E-state index is 0.00972. The average Bonchev–Trinajstić information content (AvgIpc) is 2.44. The first-order valence-corrected chi connectivity index (χ1v) is 6.93. The van der Waals surface area contributed by atoms with E-state index in [9.17, 15) is 17.6 Å². The first-order valence-electron chi connectivity index (χ1n) is 6.13. The summed E-state index contributed by atoms with van der Waals surface area (Å²) in [7, 11) is 1.50. The predicted molar refractivity (Wildman–Crippen MR) is 76.4 cm³/mol. The van der Waals surface area contributed by atoms with Crippen LogP contribution >= 0.6 is 15.9 Å². The molecule has 0 radical (unpaired) electrons. The second-order valence-electron chi connectivity index (χ2n) is 4.45. The Balaban J connectivity index is 2.60. The smallest absolute Gasteiger partial charge is 0.309 e. The molecule has 0 fully saturated rings. The number of nitrogens with one attached hydrogen (secondary N) is 1. The van der Waals surface area contributed by atoms with Crippen LogP contribution in [0.3, 0.4) is 0 Å². The molecule has 1 unspecified atom stereocenters. The lowest BCUT2D eigenvalue weighted by Gasteiger charge is -2.22. The standard InChI is InChI=1S/C15H12BrF4N/c1-21-14(10-6-4-8-12(16)13(10)17)9-5-2-3-7-11(9)15(18,19)20/h2-8,14,21H,1H3. The van der Waals surface area contributed by atoms with Crippen LogP contribution in [0.25, 0.3) is 0 Å². The number of benzene rings is 2. The monoisotopic (exact) mass is 361 g/mol. The molecule has 2 rings (SSSR count). The van der Waals surface area contributed by atoms with Gasteiger partial charge in [-0.25, -0.2) is 4.39 Å². The van der Waals surface area contributed by atoms with Crippen molar-refractivity contribution in [3.63, 3.8) is 0 Å². The summed E-state index contributed by atoms with van der Waals surface area (Å²) in [4.78, 5) is 0. The SMILES string of the molecule is CNC(c1ccccc1C(F)(F)F)c1cccc(Br)c1F. The van der Waals surface area contributed by atoms with E-state index in [0.717, 1.165) is 6.07 Å². The van der Waals surface area contributed by atoms with Crippen molar-refractivity contribution in [3.05, 3.63) is 69.4 Å². The Morgan fingerprint density at radius 2 is 1.62 bits per heavy atom. The average molecular weight is 362 g/mol. The van der Waals surface area contributed by atoms with Crippen molar-refractivity contribution >= 4 is 15.9 Å². The Hall–Kier alpha value is -1.40. The van der Waals surface area contributed by atoms with Crippen LogP contribution in [0, 0.1) is 5.82 Å². The molecule has 6 heteroatoms. The third-order valence-corrected chi connectivity index (χ3v) is 3.77. The lowest BCUT2D eigenvalue weighted by molar-refractivity contribution is -0.138. The lowest BCUT2D eigenvalue weighted by atomic mass is 9.94. The number of rotatable bonds is 3. The lowest BCUT2D eigenvalue weighted by Crippen LogP contribution is -2.23. The van der Waals surface area contributed by atoms with Crippen molar-refractivity contribution < 1.29 is 17.6 Å². The molecule has 0 aromatic heterocycles. The van der Waals surface area contributed by atoms with E-state index in [4.69, 9.17) is 0 Å². The third-order valence-electron chi connectivity index (χ3n) is 3.16. The van der Waals surface area contributed by atoms with E-state index in [0.29, 0.717) is 0 Å². The molecule has 21 heavy (non-hydrogen) atoms. The van der Waals surface area contributed by atoms with Gasteiger partial charge >= 0.3 is 6.18 Å². The predicted octanol–water partition coefficient (Wildman–Crippen LogP) is 4.92. The van der Waals surface area contributed by atoms with Gasteiger partial charge in [-0.3, -0.25) is 0 Å². The molecule has 0 aliphatic carbocycles. The molecule has 0 saturated heterocycles. The quantitative estimate of drug-likeness (QED) is 0.765. The number of alkyl halides is 3. The highest BCUT2D eigenvalue weighted by Gasteiger charge is 2.35. The molecule has 1 atom stereocenters. The van der Waals surface area contributed by atoms with Gasteiger partial charge in [-0.15, -0.1) is 0 Å². The summed E-state index contributed by atoms with van der Waals surface area (Å²) in [5.41, 5.74) is -0.628. The maximum absolute atomic E-state index is 14.2. The number of hydrogen-bond donors (Lipinski definition) is 1. The molecule has 2 aromatic carbocycles.